The zero-order valence-electron chi connectivity index (χ0n) is 12.4. The minimum absolute atomic E-state index is 0.0434. The Balaban J connectivity index is 2.22. The summed E-state index contributed by atoms with van der Waals surface area (Å²) in [5, 5.41) is 4.18. The van der Waals surface area contributed by atoms with Gasteiger partial charge in [0.05, 0.1) is 0 Å². The normalized spacial score (nSPS) is 11.5. The summed E-state index contributed by atoms with van der Waals surface area (Å²) in [4.78, 5) is 0. The van der Waals surface area contributed by atoms with Crippen molar-refractivity contribution >= 4 is 34.2 Å². The highest BCUT2D eigenvalue weighted by molar-refractivity contribution is 14.1. The Labute approximate surface area is 145 Å². The third-order valence-electron chi connectivity index (χ3n) is 2.86. The van der Waals surface area contributed by atoms with Gasteiger partial charge >= 0.3 is 0 Å². The van der Waals surface area contributed by atoms with Crippen LogP contribution < -0.4 is 10.1 Å². The highest BCUT2D eigenvalue weighted by atomic mass is 127. The van der Waals surface area contributed by atoms with E-state index in [1.807, 2.05) is 42.5 Å². The van der Waals surface area contributed by atoms with E-state index < -0.39 is 0 Å². The van der Waals surface area contributed by atoms with Crippen molar-refractivity contribution in [2.24, 2.45) is 0 Å². The van der Waals surface area contributed by atoms with Gasteiger partial charge < -0.3 is 10.1 Å². The van der Waals surface area contributed by atoms with Gasteiger partial charge in [-0.1, -0.05) is 17.7 Å². The third-order valence-corrected chi connectivity index (χ3v) is 3.76. The molecule has 0 amide bonds. The number of ether oxygens (including phenoxy) is 1. The summed E-state index contributed by atoms with van der Waals surface area (Å²) in [6.07, 6.45) is 0. The average Bonchev–Trinajstić information content (AvgIpc) is 2.38. The molecule has 1 N–H and O–H groups in total. The van der Waals surface area contributed by atoms with Crippen molar-refractivity contribution in [3.63, 3.8) is 0 Å². The fraction of sp³-hybridized carbons (Fsp3) is 0.294. The Hall–Kier alpha value is -0.780. The van der Waals surface area contributed by atoms with Crippen molar-refractivity contribution in [1.29, 1.82) is 0 Å². The van der Waals surface area contributed by atoms with Crippen LogP contribution in [-0.2, 0) is 6.54 Å². The van der Waals surface area contributed by atoms with Crippen LogP contribution in [0.25, 0.3) is 0 Å². The van der Waals surface area contributed by atoms with E-state index >= 15 is 0 Å². The Bertz CT molecular complexity index is 622. The summed E-state index contributed by atoms with van der Waals surface area (Å²) in [6.45, 7) is 7.12. The van der Waals surface area contributed by atoms with Crippen LogP contribution >= 0.6 is 34.2 Å². The molecule has 0 heterocycles. The third kappa shape index (κ3) is 5.49. The highest BCUT2D eigenvalue weighted by Crippen LogP contribution is 2.29. The van der Waals surface area contributed by atoms with Gasteiger partial charge in [0.25, 0.3) is 0 Å². The van der Waals surface area contributed by atoms with Crippen molar-refractivity contribution in [3.8, 4) is 11.5 Å². The molecule has 0 aromatic heterocycles. The van der Waals surface area contributed by atoms with E-state index in [1.165, 1.54) is 0 Å². The minimum Gasteiger partial charge on any atom is -0.457 e. The predicted molar refractivity (Wildman–Crippen MR) is 97.3 cm³/mol. The molecule has 0 saturated heterocycles. The molecular weight excluding hydrogens is 397 g/mol. The second kappa shape index (κ2) is 6.99. The topological polar surface area (TPSA) is 21.3 Å². The van der Waals surface area contributed by atoms with Gasteiger partial charge in [-0.3, -0.25) is 0 Å². The first-order valence-electron chi connectivity index (χ1n) is 6.80. The summed E-state index contributed by atoms with van der Waals surface area (Å²) in [6, 6.07) is 13.7. The molecule has 0 radical (unpaired) electrons. The van der Waals surface area contributed by atoms with Gasteiger partial charge in [-0.15, -0.1) is 0 Å². The maximum Gasteiger partial charge on any atom is 0.132 e. The van der Waals surface area contributed by atoms with Gasteiger partial charge in [-0.25, -0.2) is 0 Å². The molecule has 0 fully saturated rings. The molecule has 0 aliphatic carbocycles. The molecule has 21 heavy (non-hydrogen) atoms. The van der Waals surface area contributed by atoms with Crippen LogP contribution in [-0.4, -0.2) is 5.54 Å². The van der Waals surface area contributed by atoms with E-state index in [4.69, 9.17) is 16.3 Å². The second-order valence-electron chi connectivity index (χ2n) is 5.92. The van der Waals surface area contributed by atoms with Crippen LogP contribution in [0, 0.1) is 3.57 Å². The van der Waals surface area contributed by atoms with Crippen molar-refractivity contribution in [1.82, 2.24) is 5.32 Å². The molecule has 0 spiro atoms. The SMILES string of the molecule is CC(C)(C)NCc1cc(Cl)ccc1Oc1cccc(I)c1. The molecule has 0 saturated carbocycles. The first kappa shape index (κ1) is 16.6. The maximum absolute atomic E-state index is 6.11. The van der Waals surface area contributed by atoms with Crippen LogP contribution in [0.4, 0.5) is 0 Å². The van der Waals surface area contributed by atoms with E-state index in [-0.39, 0.29) is 5.54 Å². The Morgan fingerprint density at radius 3 is 2.57 bits per heavy atom. The van der Waals surface area contributed by atoms with E-state index in [0.717, 1.165) is 25.7 Å². The molecule has 0 bridgehead atoms. The Kier molecular flexibility index (Phi) is 5.52. The first-order valence-corrected chi connectivity index (χ1v) is 8.26. The molecule has 0 atom stereocenters. The van der Waals surface area contributed by atoms with Crippen LogP contribution in [0.3, 0.4) is 0 Å². The van der Waals surface area contributed by atoms with Crippen LogP contribution in [0.15, 0.2) is 42.5 Å². The lowest BCUT2D eigenvalue weighted by Crippen LogP contribution is -2.35. The molecule has 2 aromatic carbocycles. The lowest BCUT2D eigenvalue weighted by Gasteiger charge is -2.21. The van der Waals surface area contributed by atoms with Crippen molar-refractivity contribution < 1.29 is 4.74 Å². The molecule has 0 aliphatic heterocycles. The molecule has 0 aliphatic rings. The number of benzene rings is 2. The Morgan fingerprint density at radius 1 is 1.14 bits per heavy atom. The summed E-state index contributed by atoms with van der Waals surface area (Å²) in [7, 11) is 0. The summed E-state index contributed by atoms with van der Waals surface area (Å²) >= 11 is 8.39. The molecule has 2 rings (SSSR count). The number of halogens is 2. The summed E-state index contributed by atoms with van der Waals surface area (Å²) < 4.78 is 7.15. The van der Waals surface area contributed by atoms with Gasteiger partial charge in [0, 0.05) is 26.2 Å². The average molecular weight is 416 g/mol. The summed E-state index contributed by atoms with van der Waals surface area (Å²) in [5.41, 5.74) is 1.10. The highest BCUT2D eigenvalue weighted by Gasteiger charge is 2.12. The van der Waals surface area contributed by atoms with Crippen molar-refractivity contribution in [2.45, 2.75) is 32.9 Å². The van der Waals surface area contributed by atoms with E-state index in [2.05, 4.69) is 48.7 Å². The van der Waals surface area contributed by atoms with Crippen LogP contribution in [0.1, 0.15) is 26.3 Å². The number of hydrogen-bond acceptors (Lipinski definition) is 2. The number of hydrogen-bond donors (Lipinski definition) is 1. The molecule has 2 nitrogen and oxygen atoms in total. The standard InChI is InChI=1S/C17H19ClINO/c1-17(2,3)20-11-12-9-13(18)7-8-16(12)21-15-6-4-5-14(19)10-15/h4-10,20H,11H2,1-3H3. The van der Waals surface area contributed by atoms with E-state index in [0.29, 0.717) is 6.54 Å². The van der Waals surface area contributed by atoms with Crippen LogP contribution in [0.5, 0.6) is 11.5 Å². The van der Waals surface area contributed by atoms with Gasteiger partial charge in [-0.2, -0.15) is 0 Å². The zero-order valence-corrected chi connectivity index (χ0v) is 15.3. The van der Waals surface area contributed by atoms with E-state index in [9.17, 15) is 0 Å². The largest absolute Gasteiger partial charge is 0.457 e. The second-order valence-corrected chi connectivity index (χ2v) is 7.60. The fourth-order valence-electron chi connectivity index (χ4n) is 1.80. The number of nitrogens with one attached hydrogen (secondary N) is 1. The minimum atomic E-state index is 0.0434. The number of rotatable bonds is 4. The molecular formula is C17H19ClINO. The molecule has 0 unspecified atom stereocenters. The zero-order chi connectivity index (χ0) is 15.5. The van der Waals surface area contributed by atoms with Gasteiger partial charge in [-0.05, 0) is 79.8 Å². The predicted octanol–water partition coefficient (Wildman–Crippen LogP) is 5.63. The molecule has 2 aromatic rings. The van der Waals surface area contributed by atoms with Gasteiger partial charge in [0.2, 0.25) is 0 Å². The fourth-order valence-corrected chi connectivity index (χ4v) is 2.51. The van der Waals surface area contributed by atoms with Gasteiger partial charge in [0.1, 0.15) is 11.5 Å². The van der Waals surface area contributed by atoms with Crippen molar-refractivity contribution in [3.05, 3.63) is 56.6 Å². The summed E-state index contributed by atoms with van der Waals surface area (Å²) in [5.74, 6) is 1.67. The van der Waals surface area contributed by atoms with Gasteiger partial charge in [0.15, 0.2) is 0 Å². The monoisotopic (exact) mass is 415 g/mol. The lowest BCUT2D eigenvalue weighted by molar-refractivity contribution is 0.414. The first-order chi connectivity index (χ1) is 9.83. The molecule has 112 valence electrons. The molecule has 4 heteroatoms. The maximum atomic E-state index is 6.11. The van der Waals surface area contributed by atoms with Crippen molar-refractivity contribution in [2.75, 3.05) is 0 Å². The van der Waals surface area contributed by atoms with E-state index in [1.54, 1.807) is 0 Å². The smallest absolute Gasteiger partial charge is 0.132 e. The lowest BCUT2D eigenvalue weighted by atomic mass is 10.1. The van der Waals surface area contributed by atoms with Crippen LogP contribution in [0.2, 0.25) is 5.02 Å². The Morgan fingerprint density at radius 2 is 1.90 bits per heavy atom. The quantitative estimate of drug-likeness (QED) is 0.654.